The SMILES string of the molecule is NCC[C@H](O)c1ccc(F)cn1. The first-order valence-corrected chi connectivity index (χ1v) is 3.73. The van der Waals surface area contributed by atoms with Gasteiger partial charge in [-0.25, -0.2) is 4.39 Å². The van der Waals surface area contributed by atoms with Crippen molar-refractivity contribution in [3.05, 3.63) is 29.8 Å². The highest BCUT2D eigenvalue weighted by molar-refractivity contribution is 5.07. The number of nitrogens with two attached hydrogens (primary N) is 1. The van der Waals surface area contributed by atoms with Crippen molar-refractivity contribution in [1.82, 2.24) is 4.98 Å². The number of rotatable bonds is 3. The number of hydrogen-bond donors (Lipinski definition) is 2. The van der Waals surface area contributed by atoms with Crippen LogP contribution in [0, 0.1) is 5.82 Å². The van der Waals surface area contributed by atoms with E-state index in [0.29, 0.717) is 18.7 Å². The highest BCUT2D eigenvalue weighted by atomic mass is 19.1. The molecule has 0 radical (unpaired) electrons. The van der Waals surface area contributed by atoms with Gasteiger partial charge in [0.25, 0.3) is 0 Å². The van der Waals surface area contributed by atoms with E-state index in [1.807, 2.05) is 0 Å². The summed E-state index contributed by atoms with van der Waals surface area (Å²) in [6, 6.07) is 2.72. The first kappa shape index (κ1) is 9.09. The fraction of sp³-hybridized carbons (Fsp3) is 0.375. The fourth-order valence-electron chi connectivity index (χ4n) is 0.890. The summed E-state index contributed by atoms with van der Waals surface area (Å²) < 4.78 is 12.4. The maximum Gasteiger partial charge on any atom is 0.141 e. The van der Waals surface area contributed by atoms with Crippen LogP contribution in [0.5, 0.6) is 0 Å². The molecule has 3 N–H and O–H groups in total. The molecule has 1 rings (SSSR count). The Morgan fingerprint density at radius 2 is 2.33 bits per heavy atom. The lowest BCUT2D eigenvalue weighted by atomic mass is 10.2. The second-order valence-corrected chi connectivity index (χ2v) is 2.49. The molecule has 0 aliphatic heterocycles. The minimum atomic E-state index is -0.685. The van der Waals surface area contributed by atoms with Crippen LogP contribution in [0.25, 0.3) is 0 Å². The number of nitrogens with zero attached hydrogens (tertiary/aromatic N) is 1. The van der Waals surface area contributed by atoms with Crippen LogP contribution in [-0.2, 0) is 0 Å². The summed E-state index contributed by atoms with van der Waals surface area (Å²) in [4.78, 5) is 3.72. The van der Waals surface area contributed by atoms with Crippen LogP contribution in [-0.4, -0.2) is 16.6 Å². The number of aliphatic hydroxyl groups excluding tert-OH is 1. The molecule has 0 amide bonds. The first-order valence-electron chi connectivity index (χ1n) is 3.73. The van der Waals surface area contributed by atoms with Crippen LogP contribution < -0.4 is 5.73 Å². The predicted octanol–water partition coefficient (Wildman–Crippen LogP) is 0.603. The van der Waals surface area contributed by atoms with Crippen molar-refractivity contribution in [2.75, 3.05) is 6.54 Å². The highest BCUT2D eigenvalue weighted by Gasteiger charge is 2.06. The van der Waals surface area contributed by atoms with Crippen LogP contribution >= 0.6 is 0 Å². The standard InChI is InChI=1S/C8H11FN2O/c9-6-1-2-7(11-5-6)8(12)3-4-10/h1-2,5,8,12H,3-4,10H2/t8-/m0/s1. The van der Waals surface area contributed by atoms with Crippen LogP contribution in [0.3, 0.4) is 0 Å². The molecule has 3 nitrogen and oxygen atoms in total. The molecule has 0 saturated carbocycles. The largest absolute Gasteiger partial charge is 0.387 e. The van der Waals surface area contributed by atoms with Crippen molar-refractivity contribution >= 4 is 0 Å². The third-order valence-electron chi connectivity index (χ3n) is 1.53. The van der Waals surface area contributed by atoms with E-state index in [9.17, 15) is 9.50 Å². The molecule has 12 heavy (non-hydrogen) atoms. The van der Waals surface area contributed by atoms with Gasteiger partial charge in [-0.3, -0.25) is 4.98 Å². The zero-order valence-electron chi connectivity index (χ0n) is 6.57. The normalized spacial score (nSPS) is 12.9. The van der Waals surface area contributed by atoms with Gasteiger partial charge in [-0.2, -0.15) is 0 Å². The first-order chi connectivity index (χ1) is 5.74. The number of aliphatic hydroxyl groups is 1. The molecule has 1 aromatic rings. The van der Waals surface area contributed by atoms with Gasteiger partial charge in [0.2, 0.25) is 0 Å². The topological polar surface area (TPSA) is 59.1 Å². The zero-order valence-corrected chi connectivity index (χ0v) is 6.57. The zero-order chi connectivity index (χ0) is 8.97. The van der Waals surface area contributed by atoms with Crippen LogP contribution in [0.4, 0.5) is 4.39 Å². The Hall–Kier alpha value is -1.00. The number of halogens is 1. The van der Waals surface area contributed by atoms with Crippen molar-refractivity contribution in [2.45, 2.75) is 12.5 Å². The van der Waals surface area contributed by atoms with Crippen molar-refractivity contribution in [3.8, 4) is 0 Å². The molecule has 0 unspecified atom stereocenters. The molecular weight excluding hydrogens is 159 g/mol. The smallest absolute Gasteiger partial charge is 0.141 e. The lowest BCUT2D eigenvalue weighted by Gasteiger charge is -2.07. The van der Waals surface area contributed by atoms with Crippen LogP contribution in [0.2, 0.25) is 0 Å². The van der Waals surface area contributed by atoms with Crippen molar-refractivity contribution in [1.29, 1.82) is 0 Å². The monoisotopic (exact) mass is 170 g/mol. The van der Waals surface area contributed by atoms with Gasteiger partial charge >= 0.3 is 0 Å². The molecule has 1 aromatic heterocycles. The summed E-state index contributed by atoms with van der Waals surface area (Å²) in [7, 11) is 0. The minimum absolute atomic E-state index is 0.389. The van der Waals surface area contributed by atoms with Crippen molar-refractivity contribution in [2.24, 2.45) is 5.73 Å². The van der Waals surface area contributed by atoms with Crippen LogP contribution in [0.1, 0.15) is 18.2 Å². The molecular formula is C8H11FN2O. The Kier molecular flexibility index (Phi) is 3.13. The van der Waals surface area contributed by atoms with E-state index < -0.39 is 11.9 Å². The predicted molar refractivity (Wildman–Crippen MR) is 42.8 cm³/mol. The van der Waals surface area contributed by atoms with Gasteiger partial charge in [0.15, 0.2) is 0 Å². The molecule has 0 spiro atoms. The summed E-state index contributed by atoms with van der Waals surface area (Å²) in [6.07, 6.45) is 0.837. The Morgan fingerprint density at radius 1 is 1.58 bits per heavy atom. The van der Waals surface area contributed by atoms with Gasteiger partial charge in [-0.05, 0) is 25.1 Å². The van der Waals surface area contributed by atoms with E-state index in [1.54, 1.807) is 0 Å². The molecule has 0 aliphatic carbocycles. The Balaban J connectivity index is 2.68. The molecule has 0 aromatic carbocycles. The highest BCUT2D eigenvalue weighted by Crippen LogP contribution is 2.12. The minimum Gasteiger partial charge on any atom is -0.387 e. The Labute approximate surface area is 70.0 Å². The van der Waals surface area contributed by atoms with Gasteiger partial charge in [0.05, 0.1) is 18.0 Å². The molecule has 4 heteroatoms. The second-order valence-electron chi connectivity index (χ2n) is 2.49. The Morgan fingerprint density at radius 3 is 2.83 bits per heavy atom. The van der Waals surface area contributed by atoms with Crippen molar-refractivity contribution < 1.29 is 9.50 Å². The van der Waals surface area contributed by atoms with E-state index in [2.05, 4.69) is 4.98 Å². The van der Waals surface area contributed by atoms with Gasteiger partial charge in [0, 0.05) is 0 Å². The van der Waals surface area contributed by atoms with Gasteiger partial charge < -0.3 is 10.8 Å². The summed E-state index contributed by atoms with van der Waals surface area (Å²) in [5.74, 6) is -0.404. The van der Waals surface area contributed by atoms with E-state index >= 15 is 0 Å². The second kappa shape index (κ2) is 4.13. The lowest BCUT2D eigenvalue weighted by molar-refractivity contribution is 0.165. The molecule has 0 bridgehead atoms. The van der Waals surface area contributed by atoms with E-state index in [4.69, 9.17) is 5.73 Å². The summed E-state index contributed by atoms with van der Waals surface area (Å²) in [6.45, 7) is 0.389. The third kappa shape index (κ3) is 2.25. The van der Waals surface area contributed by atoms with Crippen LogP contribution in [0.15, 0.2) is 18.3 Å². The average Bonchev–Trinajstić information content (AvgIpc) is 2.06. The maximum absolute atomic E-state index is 12.4. The molecule has 0 saturated heterocycles. The van der Waals surface area contributed by atoms with Crippen molar-refractivity contribution in [3.63, 3.8) is 0 Å². The molecule has 0 fully saturated rings. The van der Waals surface area contributed by atoms with Gasteiger partial charge in [0.1, 0.15) is 5.82 Å². The molecule has 66 valence electrons. The van der Waals surface area contributed by atoms with E-state index in [0.717, 1.165) is 6.20 Å². The fourth-order valence-corrected chi connectivity index (χ4v) is 0.890. The number of pyridine rings is 1. The molecule has 1 atom stereocenters. The summed E-state index contributed by atoms with van der Waals surface area (Å²) in [5.41, 5.74) is 5.69. The number of aromatic nitrogens is 1. The summed E-state index contributed by atoms with van der Waals surface area (Å²) in [5, 5.41) is 9.35. The quantitative estimate of drug-likeness (QED) is 0.698. The average molecular weight is 170 g/mol. The molecule has 1 heterocycles. The maximum atomic E-state index is 12.4. The summed E-state index contributed by atoms with van der Waals surface area (Å²) >= 11 is 0. The molecule has 0 aliphatic rings. The lowest BCUT2D eigenvalue weighted by Crippen LogP contribution is -2.07. The number of hydrogen-bond acceptors (Lipinski definition) is 3. The van der Waals surface area contributed by atoms with Gasteiger partial charge in [-0.15, -0.1) is 0 Å². The Bertz CT molecular complexity index is 237. The van der Waals surface area contributed by atoms with Gasteiger partial charge in [-0.1, -0.05) is 0 Å². The third-order valence-corrected chi connectivity index (χ3v) is 1.53. The van der Waals surface area contributed by atoms with E-state index in [-0.39, 0.29) is 0 Å². The van der Waals surface area contributed by atoms with E-state index in [1.165, 1.54) is 12.1 Å².